The van der Waals surface area contributed by atoms with Crippen molar-refractivity contribution in [2.24, 2.45) is 0 Å². The third kappa shape index (κ3) is 4.92. The SMILES string of the molecule is O=C(NC([NH+]1CCOCC1)C(Cl)(Cl)Cl)c1cccc([N+](=O)[O-])c1. The van der Waals surface area contributed by atoms with Crippen molar-refractivity contribution >= 4 is 46.4 Å². The minimum Gasteiger partial charge on any atom is -0.370 e. The van der Waals surface area contributed by atoms with Gasteiger partial charge in [0.2, 0.25) is 6.17 Å². The molecule has 1 saturated heterocycles. The zero-order chi connectivity index (χ0) is 17.0. The maximum atomic E-state index is 12.4. The molecule has 0 radical (unpaired) electrons. The van der Waals surface area contributed by atoms with Gasteiger partial charge in [-0.1, -0.05) is 40.9 Å². The fourth-order valence-corrected chi connectivity index (χ4v) is 2.94. The number of nitrogens with zero attached hydrogens (tertiary/aromatic N) is 1. The first-order valence-electron chi connectivity index (χ1n) is 6.83. The minimum absolute atomic E-state index is 0.131. The van der Waals surface area contributed by atoms with Crippen molar-refractivity contribution in [3.8, 4) is 0 Å². The highest BCUT2D eigenvalue weighted by Gasteiger charge is 2.43. The Morgan fingerprint density at radius 1 is 1.35 bits per heavy atom. The van der Waals surface area contributed by atoms with Crippen molar-refractivity contribution in [1.82, 2.24) is 5.32 Å². The van der Waals surface area contributed by atoms with E-state index < -0.39 is 20.8 Å². The number of alkyl halides is 3. The van der Waals surface area contributed by atoms with Crippen molar-refractivity contribution in [3.05, 3.63) is 39.9 Å². The molecule has 1 heterocycles. The summed E-state index contributed by atoms with van der Waals surface area (Å²) < 4.78 is 3.54. The van der Waals surface area contributed by atoms with Crippen molar-refractivity contribution in [3.63, 3.8) is 0 Å². The van der Waals surface area contributed by atoms with E-state index in [0.717, 1.165) is 4.90 Å². The molecule has 1 aliphatic heterocycles. The Kier molecular flexibility index (Phi) is 6.05. The number of nitrogens with one attached hydrogen (secondary N) is 2. The zero-order valence-electron chi connectivity index (χ0n) is 11.9. The number of halogens is 3. The molecule has 2 rings (SSSR count). The Labute approximate surface area is 147 Å². The van der Waals surface area contributed by atoms with Crippen LogP contribution in [0.1, 0.15) is 10.4 Å². The van der Waals surface area contributed by atoms with Gasteiger partial charge in [-0.3, -0.25) is 20.2 Å². The van der Waals surface area contributed by atoms with Gasteiger partial charge in [0.1, 0.15) is 13.1 Å². The molecule has 0 bridgehead atoms. The van der Waals surface area contributed by atoms with Gasteiger partial charge < -0.3 is 9.64 Å². The van der Waals surface area contributed by atoms with Crippen molar-refractivity contribution in [1.29, 1.82) is 0 Å². The first kappa shape index (κ1) is 18.2. The van der Waals surface area contributed by atoms with Gasteiger partial charge in [0.05, 0.1) is 18.1 Å². The number of nitro groups is 1. The summed E-state index contributed by atoms with van der Waals surface area (Å²) in [6.07, 6.45) is -0.789. The Hall–Kier alpha value is -1.12. The summed E-state index contributed by atoms with van der Waals surface area (Å²) >= 11 is 18.0. The van der Waals surface area contributed by atoms with E-state index in [1.807, 2.05) is 0 Å². The summed E-state index contributed by atoms with van der Waals surface area (Å²) in [6.45, 7) is 2.15. The van der Waals surface area contributed by atoms with Crippen LogP contribution >= 0.6 is 34.8 Å². The van der Waals surface area contributed by atoms with Crippen LogP contribution in [0.5, 0.6) is 0 Å². The zero-order valence-corrected chi connectivity index (χ0v) is 14.2. The molecule has 1 unspecified atom stereocenters. The van der Waals surface area contributed by atoms with Crippen LogP contribution in [-0.4, -0.2) is 47.1 Å². The average Bonchev–Trinajstić information content (AvgIpc) is 2.52. The standard InChI is InChI=1S/C13H14Cl3N3O4/c14-13(15,16)12(18-4-6-23-7-5-18)17-11(20)9-2-1-3-10(8-9)19(21)22/h1-3,8,12H,4-7H2,(H,17,20)/p+1. The second-order valence-electron chi connectivity index (χ2n) is 5.03. The summed E-state index contributed by atoms with van der Waals surface area (Å²) in [7, 11) is 0. The number of quaternary nitrogens is 1. The summed E-state index contributed by atoms with van der Waals surface area (Å²) in [6, 6.07) is 5.38. The Balaban J connectivity index is 2.17. The molecule has 1 atom stereocenters. The number of carbonyl (C=O) groups excluding carboxylic acids is 1. The highest BCUT2D eigenvalue weighted by molar-refractivity contribution is 6.68. The molecule has 1 aliphatic rings. The molecule has 1 aromatic carbocycles. The number of ether oxygens (including phenoxy) is 1. The molecule has 7 nitrogen and oxygen atoms in total. The third-order valence-corrected chi connectivity index (χ3v) is 4.12. The van der Waals surface area contributed by atoms with Gasteiger partial charge in [0, 0.05) is 17.7 Å². The molecule has 126 valence electrons. The van der Waals surface area contributed by atoms with Crippen LogP contribution in [0.25, 0.3) is 0 Å². The van der Waals surface area contributed by atoms with E-state index >= 15 is 0 Å². The molecule has 1 aromatic rings. The van der Waals surface area contributed by atoms with Gasteiger partial charge in [0.15, 0.2) is 0 Å². The van der Waals surface area contributed by atoms with Gasteiger partial charge >= 0.3 is 0 Å². The molecule has 10 heteroatoms. The van der Waals surface area contributed by atoms with Gasteiger partial charge in [-0.2, -0.15) is 0 Å². The van der Waals surface area contributed by atoms with Gasteiger partial charge in [0.25, 0.3) is 15.4 Å². The van der Waals surface area contributed by atoms with E-state index in [-0.39, 0.29) is 11.3 Å². The van der Waals surface area contributed by atoms with Crippen molar-refractivity contribution in [2.75, 3.05) is 26.3 Å². The number of rotatable bonds is 4. The van der Waals surface area contributed by atoms with Gasteiger partial charge in [-0.15, -0.1) is 0 Å². The Morgan fingerprint density at radius 3 is 2.57 bits per heavy atom. The molecule has 1 amide bonds. The maximum Gasteiger partial charge on any atom is 0.270 e. The molecule has 23 heavy (non-hydrogen) atoms. The molecular formula is C13H15Cl3N3O4+. The van der Waals surface area contributed by atoms with E-state index in [0.29, 0.717) is 26.3 Å². The largest absolute Gasteiger partial charge is 0.370 e. The second-order valence-corrected chi connectivity index (χ2v) is 7.40. The van der Waals surface area contributed by atoms with Crippen LogP contribution in [0.2, 0.25) is 0 Å². The molecule has 2 N–H and O–H groups in total. The van der Waals surface area contributed by atoms with E-state index in [1.165, 1.54) is 24.3 Å². The monoisotopic (exact) mass is 382 g/mol. The summed E-state index contributed by atoms with van der Waals surface area (Å²) in [5, 5.41) is 13.5. The fraction of sp³-hybridized carbons (Fsp3) is 0.462. The maximum absolute atomic E-state index is 12.4. The van der Waals surface area contributed by atoms with Gasteiger partial charge in [-0.05, 0) is 6.07 Å². The number of carbonyl (C=O) groups is 1. The third-order valence-electron chi connectivity index (χ3n) is 3.47. The van der Waals surface area contributed by atoms with Crippen LogP contribution in [0.3, 0.4) is 0 Å². The molecule has 0 spiro atoms. The lowest BCUT2D eigenvalue weighted by Gasteiger charge is -2.35. The number of non-ortho nitro benzene ring substituents is 1. The summed E-state index contributed by atoms with van der Waals surface area (Å²) in [5.41, 5.74) is -0.0482. The predicted molar refractivity (Wildman–Crippen MR) is 86.2 cm³/mol. The normalized spacial score (nSPS) is 17.5. The van der Waals surface area contributed by atoms with E-state index in [2.05, 4.69) is 5.32 Å². The van der Waals surface area contributed by atoms with E-state index in [9.17, 15) is 14.9 Å². The topological polar surface area (TPSA) is 85.9 Å². The molecule has 1 fully saturated rings. The van der Waals surface area contributed by atoms with E-state index in [1.54, 1.807) is 0 Å². The predicted octanol–water partition coefficient (Wildman–Crippen LogP) is 0.936. The number of morpholine rings is 1. The highest BCUT2D eigenvalue weighted by atomic mass is 35.6. The summed E-state index contributed by atoms with van der Waals surface area (Å²) in [5.74, 6) is -0.538. The fourth-order valence-electron chi connectivity index (χ4n) is 2.31. The lowest BCUT2D eigenvalue weighted by molar-refractivity contribution is -0.934. The molecule has 0 aliphatic carbocycles. The minimum atomic E-state index is -1.72. The number of hydrogen-bond acceptors (Lipinski definition) is 4. The number of benzene rings is 1. The van der Waals surface area contributed by atoms with Gasteiger partial charge in [-0.25, -0.2) is 0 Å². The lowest BCUT2D eigenvalue weighted by atomic mass is 10.2. The smallest absolute Gasteiger partial charge is 0.270 e. The Morgan fingerprint density at radius 2 is 2.00 bits per heavy atom. The second kappa shape index (κ2) is 7.63. The van der Waals surface area contributed by atoms with Crippen LogP contribution in [0.4, 0.5) is 5.69 Å². The Bertz CT molecular complexity index is 588. The van der Waals surface area contributed by atoms with E-state index in [4.69, 9.17) is 39.5 Å². The van der Waals surface area contributed by atoms with Crippen LogP contribution < -0.4 is 10.2 Å². The molecule has 0 aromatic heterocycles. The lowest BCUT2D eigenvalue weighted by Crippen LogP contribution is -3.21. The van der Waals surface area contributed by atoms with Crippen LogP contribution in [-0.2, 0) is 4.74 Å². The quantitative estimate of drug-likeness (QED) is 0.460. The number of amides is 1. The number of hydrogen-bond donors (Lipinski definition) is 2. The first-order valence-corrected chi connectivity index (χ1v) is 7.97. The van der Waals surface area contributed by atoms with Crippen molar-refractivity contribution < 1.29 is 19.4 Å². The number of nitro benzene ring substituents is 1. The highest BCUT2D eigenvalue weighted by Crippen LogP contribution is 2.28. The van der Waals surface area contributed by atoms with Crippen molar-refractivity contribution in [2.45, 2.75) is 9.96 Å². The van der Waals surface area contributed by atoms with Crippen LogP contribution in [0.15, 0.2) is 24.3 Å². The van der Waals surface area contributed by atoms with Crippen LogP contribution in [0, 0.1) is 10.1 Å². The summed E-state index contributed by atoms with van der Waals surface area (Å²) in [4.78, 5) is 23.5. The molecule has 0 saturated carbocycles. The average molecular weight is 384 g/mol. The molecular weight excluding hydrogens is 369 g/mol. The first-order chi connectivity index (χ1) is 10.8.